The molecule has 0 aliphatic rings. The van der Waals surface area contributed by atoms with Crippen LogP contribution in [0.2, 0.25) is 0 Å². The third-order valence-corrected chi connectivity index (χ3v) is 3.67. The number of aryl methyl sites for hydroxylation is 1. The molecule has 24 heavy (non-hydrogen) atoms. The number of nitrogens with zero attached hydrogens (tertiary/aromatic N) is 1. The van der Waals surface area contributed by atoms with Crippen molar-refractivity contribution in [2.75, 3.05) is 6.54 Å². The topological polar surface area (TPSA) is 45.7 Å². The van der Waals surface area contributed by atoms with Gasteiger partial charge in [0.25, 0.3) is 0 Å². The Kier molecular flexibility index (Phi) is 8.11. The van der Waals surface area contributed by atoms with Crippen LogP contribution in [0.1, 0.15) is 17.5 Å². The largest absolute Gasteiger partial charge is 1.00 e. The lowest BCUT2D eigenvalue weighted by Gasteiger charge is -1.96. The number of nitrogens with one attached hydrogen (secondary N) is 1. The number of hydrogen-bond donors (Lipinski definition) is 2. The Bertz CT molecular complexity index is 800. The number of halogens is 3. The first-order valence-corrected chi connectivity index (χ1v) is 7.40. The van der Waals surface area contributed by atoms with E-state index in [-0.39, 0.29) is 35.2 Å². The Morgan fingerprint density at radius 2 is 1.88 bits per heavy atom. The van der Waals surface area contributed by atoms with Gasteiger partial charge in [-0.25, -0.2) is 8.96 Å². The highest BCUT2D eigenvalue weighted by atomic mass is 79.9. The van der Waals surface area contributed by atoms with Crippen molar-refractivity contribution < 1.29 is 25.9 Å². The molecule has 128 valence electrons. The molecule has 6 heteroatoms. The lowest BCUT2D eigenvalue weighted by Crippen LogP contribution is -3.00. The fourth-order valence-electron chi connectivity index (χ4n) is 2.44. The quantitative estimate of drug-likeness (QED) is 0.590. The number of benzene rings is 1. The second-order valence-electron chi connectivity index (χ2n) is 5.28. The number of hydrogen-bond acceptors (Lipinski definition) is 1. The fraction of sp³-hybridized carbons (Fsp3) is 0.167. The zero-order valence-corrected chi connectivity index (χ0v) is 15.5. The van der Waals surface area contributed by atoms with Gasteiger partial charge < -0.3 is 27.7 Å². The Balaban J connectivity index is 0.00000144. The van der Waals surface area contributed by atoms with E-state index in [4.69, 9.17) is 5.73 Å². The van der Waals surface area contributed by atoms with Crippen LogP contribution < -0.4 is 27.3 Å². The van der Waals surface area contributed by atoms with Gasteiger partial charge in [-0.1, -0.05) is 12.2 Å². The van der Waals surface area contributed by atoms with Gasteiger partial charge in [0.2, 0.25) is 0 Å². The molecule has 0 spiro atoms. The zero-order valence-electron chi connectivity index (χ0n) is 13.1. The highest BCUT2D eigenvalue weighted by Gasteiger charge is 2.02. The van der Waals surface area contributed by atoms with Gasteiger partial charge >= 0.3 is 0 Å². The summed E-state index contributed by atoms with van der Waals surface area (Å²) in [5, 5.41) is 0.894. The van der Waals surface area contributed by atoms with Crippen LogP contribution in [0.5, 0.6) is 0 Å². The second-order valence-corrected chi connectivity index (χ2v) is 5.28. The van der Waals surface area contributed by atoms with Gasteiger partial charge in [-0.2, -0.15) is 0 Å². The first kappa shape index (κ1) is 20.4. The Hall–Kier alpha value is -1.69. The molecule has 3 rings (SSSR count). The average molecular weight is 413 g/mol. The van der Waals surface area contributed by atoms with E-state index in [1.807, 2.05) is 30.7 Å². The number of rotatable bonds is 5. The highest BCUT2D eigenvalue weighted by Crippen LogP contribution is 2.21. The van der Waals surface area contributed by atoms with E-state index in [1.54, 1.807) is 12.1 Å². The lowest BCUT2D eigenvalue weighted by atomic mass is 10.1. The monoisotopic (exact) mass is 411 g/mol. The minimum Gasteiger partial charge on any atom is -1.00 e. The molecule has 0 unspecified atom stereocenters. The molecule has 0 atom stereocenters. The van der Waals surface area contributed by atoms with Crippen LogP contribution in [0, 0.1) is 5.82 Å². The van der Waals surface area contributed by atoms with Crippen LogP contribution in [0.25, 0.3) is 23.1 Å². The van der Waals surface area contributed by atoms with Crippen molar-refractivity contribution in [1.29, 1.82) is 0 Å². The summed E-state index contributed by atoms with van der Waals surface area (Å²) >= 11 is 0. The van der Waals surface area contributed by atoms with Gasteiger partial charge in [0.05, 0.1) is 0 Å². The smallest absolute Gasteiger partial charge is 0.169 e. The molecule has 0 aliphatic carbocycles. The molecule has 0 aliphatic heterocycles. The summed E-state index contributed by atoms with van der Waals surface area (Å²) < 4.78 is 15.5. The molecule has 2 aromatic heterocycles. The summed E-state index contributed by atoms with van der Waals surface area (Å²) in [6.45, 7) is 1.63. The van der Waals surface area contributed by atoms with Gasteiger partial charge in [0.15, 0.2) is 12.4 Å². The second kappa shape index (κ2) is 9.57. The molecule has 0 amide bonds. The maximum atomic E-state index is 13.4. The number of aromatic nitrogens is 2. The predicted octanol–water partition coefficient (Wildman–Crippen LogP) is 0.539. The number of pyridine rings is 1. The standard InChI is InChI=1S/C18H18FN3.BrH.ClH/c19-16-4-5-18-17(12-16)15(13-21-18)3-2-14-6-10-22(11-7-14)9-1-8-20;;/h2-7,10-13H,1,8-9,20H2;2*1H. The van der Waals surface area contributed by atoms with Crippen molar-refractivity contribution >= 4 is 35.5 Å². The molecule has 0 radical (unpaired) electrons. The van der Waals surface area contributed by atoms with Gasteiger partial charge in [0.1, 0.15) is 12.4 Å². The molecule has 0 saturated heterocycles. The lowest BCUT2D eigenvalue weighted by molar-refractivity contribution is -0.697. The maximum absolute atomic E-state index is 13.4. The Morgan fingerprint density at radius 3 is 2.58 bits per heavy atom. The van der Waals surface area contributed by atoms with Crippen molar-refractivity contribution in [1.82, 2.24) is 4.98 Å². The predicted molar refractivity (Wildman–Crippen MR) is 94.7 cm³/mol. The van der Waals surface area contributed by atoms with Gasteiger partial charge in [-0.05, 0) is 35.9 Å². The van der Waals surface area contributed by atoms with Crippen LogP contribution in [0.15, 0.2) is 48.9 Å². The first-order valence-electron chi connectivity index (χ1n) is 7.40. The molecule has 0 saturated carbocycles. The summed E-state index contributed by atoms with van der Waals surface area (Å²) in [6.07, 6.45) is 11.0. The van der Waals surface area contributed by atoms with Crippen LogP contribution in [0.4, 0.5) is 4.39 Å². The van der Waals surface area contributed by atoms with E-state index in [2.05, 4.69) is 21.7 Å². The number of nitrogens with two attached hydrogens (primary N) is 1. The normalized spacial score (nSPS) is 10.6. The molecule has 0 bridgehead atoms. The number of fused-ring (bicyclic) bond motifs is 1. The molecular formula is C18H20BrClFN3. The minimum atomic E-state index is -0.220. The SMILES string of the molecule is Cl.NCCC[n+]1ccc(/C=C/c2c[nH]c3ccc(F)cc23)cc1.[Br-]. The highest BCUT2D eigenvalue weighted by molar-refractivity contribution is 5.91. The van der Waals surface area contributed by atoms with Crippen molar-refractivity contribution in [2.45, 2.75) is 13.0 Å². The molecule has 0 fully saturated rings. The van der Waals surface area contributed by atoms with E-state index >= 15 is 0 Å². The Labute approximate surface area is 157 Å². The van der Waals surface area contributed by atoms with E-state index in [0.717, 1.165) is 35.0 Å². The van der Waals surface area contributed by atoms with Crippen LogP contribution in [-0.4, -0.2) is 11.5 Å². The third kappa shape index (κ3) is 4.90. The Morgan fingerprint density at radius 1 is 1.12 bits per heavy atom. The molecular weight excluding hydrogens is 393 g/mol. The van der Waals surface area contributed by atoms with E-state index in [9.17, 15) is 4.39 Å². The number of H-pyrrole nitrogens is 1. The third-order valence-electron chi connectivity index (χ3n) is 3.67. The average Bonchev–Trinajstić information content (AvgIpc) is 2.94. The van der Waals surface area contributed by atoms with E-state index in [0.29, 0.717) is 6.54 Å². The van der Waals surface area contributed by atoms with Crippen molar-refractivity contribution in [3.05, 3.63) is 65.9 Å². The van der Waals surface area contributed by atoms with Gasteiger partial charge in [0, 0.05) is 35.7 Å². The molecule has 3 nitrogen and oxygen atoms in total. The molecule has 1 aromatic carbocycles. The summed E-state index contributed by atoms with van der Waals surface area (Å²) in [7, 11) is 0. The van der Waals surface area contributed by atoms with Crippen LogP contribution >= 0.6 is 12.4 Å². The fourth-order valence-corrected chi connectivity index (χ4v) is 2.44. The number of aromatic amines is 1. The maximum Gasteiger partial charge on any atom is 0.169 e. The van der Waals surface area contributed by atoms with Crippen molar-refractivity contribution in [3.63, 3.8) is 0 Å². The van der Waals surface area contributed by atoms with Crippen LogP contribution in [0.3, 0.4) is 0 Å². The molecule has 3 aromatic rings. The summed E-state index contributed by atoms with van der Waals surface area (Å²) in [5.74, 6) is -0.220. The first-order chi connectivity index (χ1) is 10.8. The van der Waals surface area contributed by atoms with E-state index in [1.165, 1.54) is 6.07 Å². The van der Waals surface area contributed by atoms with Crippen molar-refractivity contribution in [3.8, 4) is 0 Å². The zero-order chi connectivity index (χ0) is 15.4. The summed E-state index contributed by atoms with van der Waals surface area (Å²) in [5.41, 5.74) is 8.54. The van der Waals surface area contributed by atoms with Gasteiger partial charge in [-0.15, -0.1) is 12.4 Å². The van der Waals surface area contributed by atoms with Crippen LogP contribution in [-0.2, 0) is 6.54 Å². The van der Waals surface area contributed by atoms with Crippen molar-refractivity contribution in [2.24, 2.45) is 5.73 Å². The van der Waals surface area contributed by atoms with Gasteiger partial charge in [-0.3, -0.25) is 0 Å². The summed E-state index contributed by atoms with van der Waals surface area (Å²) in [6, 6.07) is 8.89. The summed E-state index contributed by atoms with van der Waals surface area (Å²) in [4.78, 5) is 3.15. The minimum absolute atomic E-state index is 0. The van der Waals surface area contributed by atoms with E-state index < -0.39 is 0 Å². The molecule has 2 heterocycles. The molecule has 3 N–H and O–H groups in total.